The second-order valence-electron chi connectivity index (χ2n) is 5.15. The number of anilines is 1. The highest BCUT2D eigenvalue weighted by atomic mass is 16.3. The van der Waals surface area contributed by atoms with E-state index in [2.05, 4.69) is 29.6 Å². The van der Waals surface area contributed by atoms with Crippen LogP contribution in [-0.2, 0) is 0 Å². The molecule has 1 atom stereocenters. The Balaban J connectivity index is 1.86. The lowest BCUT2D eigenvalue weighted by Crippen LogP contribution is -2.16. The van der Waals surface area contributed by atoms with Gasteiger partial charge in [-0.3, -0.25) is 0 Å². The summed E-state index contributed by atoms with van der Waals surface area (Å²) in [6.07, 6.45) is 2.56. The molecule has 2 aromatic rings. The first kappa shape index (κ1) is 12.2. The van der Waals surface area contributed by atoms with Crippen LogP contribution in [0.3, 0.4) is 0 Å². The third-order valence-corrected chi connectivity index (χ3v) is 3.69. The highest BCUT2D eigenvalue weighted by Crippen LogP contribution is 2.43. The van der Waals surface area contributed by atoms with E-state index >= 15 is 0 Å². The van der Waals surface area contributed by atoms with Crippen LogP contribution in [-0.4, -0.2) is 11.7 Å². The molecule has 0 bridgehead atoms. The molecule has 98 valence electrons. The van der Waals surface area contributed by atoms with E-state index in [0.717, 1.165) is 5.69 Å². The number of hydrogen-bond acceptors (Lipinski definition) is 2. The third-order valence-electron chi connectivity index (χ3n) is 3.69. The number of nitrogens with one attached hydrogen (secondary N) is 1. The number of aliphatic hydroxyl groups excluding tert-OH is 1. The van der Waals surface area contributed by atoms with Crippen molar-refractivity contribution in [3.05, 3.63) is 65.7 Å². The molecular formula is C17H19NO. The van der Waals surface area contributed by atoms with Crippen molar-refractivity contribution < 1.29 is 5.11 Å². The van der Waals surface area contributed by atoms with Gasteiger partial charge in [0, 0.05) is 5.69 Å². The van der Waals surface area contributed by atoms with Gasteiger partial charge in [0.2, 0.25) is 0 Å². The Morgan fingerprint density at radius 3 is 2.37 bits per heavy atom. The third kappa shape index (κ3) is 2.79. The summed E-state index contributed by atoms with van der Waals surface area (Å²) in [5.41, 5.74) is 3.67. The van der Waals surface area contributed by atoms with Crippen molar-refractivity contribution in [2.45, 2.75) is 24.8 Å². The van der Waals surface area contributed by atoms with Crippen molar-refractivity contribution in [3.8, 4) is 0 Å². The van der Waals surface area contributed by atoms with Crippen molar-refractivity contribution in [1.82, 2.24) is 0 Å². The maximum atomic E-state index is 9.70. The molecule has 19 heavy (non-hydrogen) atoms. The number of rotatable bonds is 5. The molecule has 0 saturated heterocycles. The van der Waals surface area contributed by atoms with Gasteiger partial charge >= 0.3 is 0 Å². The number of hydrogen-bond donors (Lipinski definition) is 2. The number of benzene rings is 2. The highest BCUT2D eigenvalue weighted by Gasteiger charge is 2.27. The molecule has 2 N–H and O–H groups in total. The van der Waals surface area contributed by atoms with Crippen LogP contribution in [0.5, 0.6) is 0 Å². The quantitative estimate of drug-likeness (QED) is 0.851. The minimum atomic E-state index is -0.0285. The van der Waals surface area contributed by atoms with Crippen LogP contribution < -0.4 is 5.32 Å². The zero-order chi connectivity index (χ0) is 13.1. The zero-order valence-electron chi connectivity index (χ0n) is 10.9. The molecule has 1 saturated carbocycles. The van der Waals surface area contributed by atoms with Crippen LogP contribution in [0.4, 0.5) is 5.69 Å². The first-order chi connectivity index (χ1) is 9.38. The second kappa shape index (κ2) is 5.45. The summed E-state index contributed by atoms with van der Waals surface area (Å²) in [4.78, 5) is 0. The number of para-hydroxylation sites is 1. The summed E-state index contributed by atoms with van der Waals surface area (Å²) in [6.45, 7) is 0.110. The molecule has 1 aliphatic rings. The maximum Gasteiger partial charge on any atom is 0.0747 e. The van der Waals surface area contributed by atoms with Crippen molar-refractivity contribution in [2.75, 3.05) is 11.9 Å². The van der Waals surface area contributed by atoms with Gasteiger partial charge in [-0.15, -0.1) is 0 Å². The SMILES string of the molecule is OCC(Nc1ccccc1)c1ccccc1C1CC1. The summed E-state index contributed by atoms with van der Waals surface area (Å²) >= 11 is 0. The molecule has 0 radical (unpaired) electrons. The van der Waals surface area contributed by atoms with Crippen molar-refractivity contribution >= 4 is 5.69 Å². The normalized spacial score (nSPS) is 16.1. The van der Waals surface area contributed by atoms with Gasteiger partial charge in [-0.25, -0.2) is 0 Å². The van der Waals surface area contributed by atoms with E-state index in [1.54, 1.807) is 0 Å². The molecule has 0 aliphatic heterocycles. The summed E-state index contributed by atoms with van der Waals surface area (Å²) in [6, 6.07) is 18.5. The van der Waals surface area contributed by atoms with Crippen LogP contribution in [0.25, 0.3) is 0 Å². The monoisotopic (exact) mass is 253 g/mol. The van der Waals surface area contributed by atoms with Crippen LogP contribution >= 0.6 is 0 Å². The van der Waals surface area contributed by atoms with Crippen LogP contribution in [0, 0.1) is 0 Å². The number of aliphatic hydroxyl groups is 1. The van der Waals surface area contributed by atoms with Gasteiger partial charge in [0.15, 0.2) is 0 Å². The van der Waals surface area contributed by atoms with Crippen molar-refractivity contribution in [1.29, 1.82) is 0 Å². The molecule has 1 unspecified atom stereocenters. The van der Waals surface area contributed by atoms with Gasteiger partial charge in [-0.05, 0) is 42.0 Å². The lowest BCUT2D eigenvalue weighted by Gasteiger charge is -2.21. The van der Waals surface area contributed by atoms with Crippen LogP contribution in [0.2, 0.25) is 0 Å². The standard InChI is InChI=1S/C17H19NO/c19-12-17(18-14-6-2-1-3-7-14)16-9-5-4-8-15(16)13-10-11-13/h1-9,13,17-19H,10-12H2. The Labute approximate surface area is 114 Å². The van der Waals surface area contributed by atoms with E-state index in [4.69, 9.17) is 0 Å². The smallest absolute Gasteiger partial charge is 0.0747 e. The molecular weight excluding hydrogens is 234 g/mol. The van der Waals surface area contributed by atoms with E-state index in [-0.39, 0.29) is 12.6 Å². The van der Waals surface area contributed by atoms with Crippen LogP contribution in [0.15, 0.2) is 54.6 Å². The van der Waals surface area contributed by atoms with Crippen molar-refractivity contribution in [2.24, 2.45) is 0 Å². The molecule has 0 amide bonds. The minimum absolute atomic E-state index is 0.0285. The fraction of sp³-hybridized carbons (Fsp3) is 0.294. The highest BCUT2D eigenvalue weighted by molar-refractivity contribution is 5.47. The Hall–Kier alpha value is -1.80. The first-order valence-corrected chi connectivity index (χ1v) is 6.90. The predicted octanol–water partition coefficient (Wildman–Crippen LogP) is 3.71. The van der Waals surface area contributed by atoms with Gasteiger partial charge in [0.25, 0.3) is 0 Å². The Morgan fingerprint density at radius 2 is 1.68 bits per heavy atom. The topological polar surface area (TPSA) is 32.3 Å². The first-order valence-electron chi connectivity index (χ1n) is 6.90. The molecule has 0 heterocycles. The average Bonchev–Trinajstić information content (AvgIpc) is 3.30. The van der Waals surface area contributed by atoms with E-state index in [1.807, 2.05) is 30.3 Å². The maximum absolute atomic E-state index is 9.70. The molecule has 2 aromatic carbocycles. The lowest BCUT2D eigenvalue weighted by atomic mass is 9.97. The molecule has 2 nitrogen and oxygen atoms in total. The summed E-state index contributed by atoms with van der Waals surface area (Å²) in [7, 11) is 0. The predicted molar refractivity (Wildman–Crippen MR) is 78.3 cm³/mol. The van der Waals surface area contributed by atoms with Crippen LogP contribution in [0.1, 0.15) is 35.9 Å². The molecule has 0 aromatic heterocycles. The Morgan fingerprint density at radius 1 is 1.00 bits per heavy atom. The Kier molecular flexibility index (Phi) is 3.51. The molecule has 0 spiro atoms. The zero-order valence-corrected chi connectivity index (χ0v) is 10.9. The van der Waals surface area contributed by atoms with Crippen molar-refractivity contribution in [3.63, 3.8) is 0 Å². The minimum Gasteiger partial charge on any atom is -0.394 e. The lowest BCUT2D eigenvalue weighted by molar-refractivity contribution is 0.276. The second-order valence-corrected chi connectivity index (χ2v) is 5.15. The van der Waals surface area contributed by atoms with E-state index in [1.165, 1.54) is 24.0 Å². The molecule has 2 heteroatoms. The van der Waals surface area contributed by atoms with E-state index in [0.29, 0.717) is 5.92 Å². The Bertz CT molecular complexity index is 534. The van der Waals surface area contributed by atoms with E-state index in [9.17, 15) is 5.11 Å². The summed E-state index contributed by atoms with van der Waals surface area (Å²) < 4.78 is 0. The molecule has 1 fully saturated rings. The summed E-state index contributed by atoms with van der Waals surface area (Å²) in [5, 5.41) is 13.1. The fourth-order valence-electron chi connectivity index (χ4n) is 2.55. The van der Waals surface area contributed by atoms with Gasteiger partial charge in [0.05, 0.1) is 12.6 Å². The van der Waals surface area contributed by atoms with E-state index < -0.39 is 0 Å². The van der Waals surface area contributed by atoms with Gasteiger partial charge in [-0.2, -0.15) is 0 Å². The molecule has 1 aliphatic carbocycles. The molecule has 3 rings (SSSR count). The van der Waals surface area contributed by atoms with Gasteiger partial charge < -0.3 is 10.4 Å². The largest absolute Gasteiger partial charge is 0.394 e. The summed E-state index contributed by atoms with van der Waals surface area (Å²) in [5.74, 6) is 0.697. The average molecular weight is 253 g/mol. The van der Waals surface area contributed by atoms with Gasteiger partial charge in [0.1, 0.15) is 0 Å². The van der Waals surface area contributed by atoms with Gasteiger partial charge in [-0.1, -0.05) is 42.5 Å². The fourth-order valence-corrected chi connectivity index (χ4v) is 2.55.